The van der Waals surface area contributed by atoms with E-state index in [1.54, 1.807) is 23.0 Å². The predicted octanol–water partition coefficient (Wildman–Crippen LogP) is 4.27. The van der Waals surface area contributed by atoms with Crippen molar-refractivity contribution in [2.24, 2.45) is 5.92 Å². The first-order valence-corrected chi connectivity index (χ1v) is 12.2. The number of amides is 1. The van der Waals surface area contributed by atoms with Crippen LogP contribution < -0.4 is 10.1 Å². The zero-order valence-electron chi connectivity index (χ0n) is 18.4. The second-order valence-electron chi connectivity index (χ2n) is 8.22. The van der Waals surface area contributed by atoms with E-state index in [0.717, 1.165) is 30.3 Å². The van der Waals surface area contributed by atoms with Gasteiger partial charge in [-0.1, -0.05) is 13.0 Å². The molecule has 0 aliphatic carbocycles. The number of thiophene rings is 1. The fraction of sp³-hybridized carbons (Fsp3) is 0.435. The Morgan fingerprint density at radius 2 is 2.06 bits per heavy atom. The van der Waals surface area contributed by atoms with E-state index in [9.17, 15) is 4.79 Å². The number of aromatic nitrogens is 3. The number of rotatable bonds is 8. The summed E-state index contributed by atoms with van der Waals surface area (Å²) in [5, 5.41) is 12.4. The minimum atomic E-state index is -0.0794. The molecule has 9 heteroatoms. The molecule has 170 valence electrons. The Labute approximate surface area is 197 Å². The largest absolute Gasteiger partial charge is 0.497 e. The van der Waals surface area contributed by atoms with Crippen molar-refractivity contribution in [2.75, 3.05) is 26.7 Å². The normalized spacial score (nSPS) is 16.1. The number of ether oxygens (including phenoxy) is 1. The maximum atomic E-state index is 12.9. The van der Waals surface area contributed by atoms with Crippen molar-refractivity contribution in [1.82, 2.24) is 25.0 Å². The summed E-state index contributed by atoms with van der Waals surface area (Å²) < 4.78 is 7.38. The summed E-state index contributed by atoms with van der Waals surface area (Å²) >= 11 is 7.14. The first-order valence-electron chi connectivity index (χ1n) is 10.9. The van der Waals surface area contributed by atoms with E-state index >= 15 is 0 Å². The van der Waals surface area contributed by atoms with Gasteiger partial charge >= 0.3 is 0 Å². The van der Waals surface area contributed by atoms with E-state index in [0.29, 0.717) is 17.1 Å². The molecule has 1 aromatic carbocycles. The lowest BCUT2D eigenvalue weighted by molar-refractivity contribution is -0.122. The summed E-state index contributed by atoms with van der Waals surface area (Å²) in [6.45, 7) is 5.14. The molecule has 0 radical (unpaired) electrons. The molecule has 2 N–H and O–H groups in total. The summed E-state index contributed by atoms with van der Waals surface area (Å²) in [5.74, 6) is 2.08. The lowest BCUT2D eigenvalue weighted by Gasteiger charge is -2.36. The van der Waals surface area contributed by atoms with Gasteiger partial charge in [0.25, 0.3) is 0 Å². The van der Waals surface area contributed by atoms with Crippen molar-refractivity contribution in [2.45, 2.75) is 32.4 Å². The average molecular weight is 472 g/mol. The molecule has 1 atom stereocenters. The highest BCUT2D eigenvalue weighted by atomic mass is 32.1. The molecule has 1 aliphatic rings. The van der Waals surface area contributed by atoms with Gasteiger partial charge in [0.1, 0.15) is 12.3 Å². The number of likely N-dealkylation sites (tertiary alicyclic amines) is 1. The Bertz CT molecular complexity index is 1070. The van der Waals surface area contributed by atoms with E-state index in [2.05, 4.69) is 44.9 Å². The van der Waals surface area contributed by atoms with Crippen LogP contribution in [0.4, 0.5) is 0 Å². The fourth-order valence-electron chi connectivity index (χ4n) is 4.07. The van der Waals surface area contributed by atoms with Crippen LogP contribution in [0, 0.1) is 10.7 Å². The van der Waals surface area contributed by atoms with Crippen LogP contribution in [0.1, 0.15) is 30.7 Å². The third-order valence-corrected chi connectivity index (χ3v) is 7.32. The quantitative estimate of drug-likeness (QED) is 0.480. The lowest BCUT2D eigenvalue weighted by atomic mass is 9.97. The molecule has 3 heterocycles. The summed E-state index contributed by atoms with van der Waals surface area (Å²) in [6, 6.07) is 12.0. The number of carbonyl (C=O) groups excluding carboxylic acids is 1. The number of nitrogens with one attached hydrogen (secondary N) is 2. The summed E-state index contributed by atoms with van der Waals surface area (Å²) in [7, 11) is 1.63. The van der Waals surface area contributed by atoms with Crippen LogP contribution in [0.15, 0.2) is 41.8 Å². The number of hydrogen-bond acceptors (Lipinski definition) is 6. The maximum Gasteiger partial charge on any atom is 0.240 e. The number of H-pyrrole nitrogens is 1. The number of carbonyl (C=O) groups is 1. The SMILES string of the molecule is COc1ccc(-c2n[nH]c(=S)n2CC(=O)NCC(c2cccs2)N2CCC(C)CC2)cc1. The predicted molar refractivity (Wildman–Crippen MR) is 129 cm³/mol. The van der Waals surface area contributed by atoms with Gasteiger partial charge in [-0.15, -0.1) is 11.3 Å². The smallest absolute Gasteiger partial charge is 0.240 e. The molecule has 0 spiro atoms. The van der Waals surface area contributed by atoms with Crippen molar-refractivity contribution < 1.29 is 9.53 Å². The van der Waals surface area contributed by atoms with Crippen molar-refractivity contribution in [3.8, 4) is 17.1 Å². The molecule has 0 bridgehead atoms. The van der Waals surface area contributed by atoms with E-state index in [1.807, 2.05) is 24.3 Å². The van der Waals surface area contributed by atoms with Crippen molar-refractivity contribution in [3.05, 3.63) is 51.4 Å². The Balaban J connectivity index is 1.44. The molecule has 3 aromatic rings. The second-order valence-corrected chi connectivity index (χ2v) is 9.59. The zero-order chi connectivity index (χ0) is 22.5. The van der Waals surface area contributed by atoms with Crippen molar-refractivity contribution in [1.29, 1.82) is 0 Å². The second kappa shape index (κ2) is 10.4. The number of nitrogens with zero attached hydrogens (tertiary/aromatic N) is 3. The monoisotopic (exact) mass is 471 g/mol. The van der Waals surface area contributed by atoms with Crippen LogP contribution in [0.5, 0.6) is 5.75 Å². The van der Waals surface area contributed by atoms with Crippen LogP contribution in [0.3, 0.4) is 0 Å². The first kappa shape index (κ1) is 22.7. The van der Waals surface area contributed by atoms with Gasteiger partial charge in [-0.2, -0.15) is 5.10 Å². The van der Waals surface area contributed by atoms with Crippen LogP contribution in [0.2, 0.25) is 0 Å². The number of aromatic amines is 1. The van der Waals surface area contributed by atoms with E-state index in [-0.39, 0.29) is 18.5 Å². The molecule has 2 aromatic heterocycles. The van der Waals surface area contributed by atoms with Gasteiger partial charge in [-0.3, -0.25) is 19.4 Å². The molecule has 1 saturated heterocycles. The molecule has 4 rings (SSSR count). The van der Waals surface area contributed by atoms with Gasteiger partial charge < -0.3 is 10.1 Å². The highest BCUT2D eigenvalue weighted by Gasteiger charge is 2.26. The third-order valence-electron chi connectivity index (χ3n) is 6.03. The Morgan fingerprint density at radius 1 is 1.31 bits per heavy atom. The number of methoxy groups -OCH3 is 1. The Hall–Kier alpha value is -2.49. The number of benzene rings is 1. The highest BCUT2D eigenvalue weighted by Crippen LogP contribution is 2.29. The maximum absolute atomic E-state index is 12.9. The minimum absolute atomic E-state index is 0.0794. The molecule has 7 nitrogen and oxygen atoms in total. The van der Waals surface area contributed by atoms with Gasteiger partial charge in [0.15, 0.2) is 10.6 Å². The lowest BCUT2D eigenvalue weighted by Crippen LogP contribution is -2.42. The van der Waals surface area contributed by atoms with Gasteiger partial charge in [0.2, 0.25) is 5.91 Å². The third kappa shape index (κ3) is 5.28. The van der Waals surface area contributed by atoms with E-state index < -0.39 is 0 Å². The number of piperidine rings is 1. The average Bonchev–Trinajstić information content (AvgIpc) is 3.46. The molecule has 1 unspecified atom stereocenters. The molecule has 1 aliphatic heterocycles. The van der Waals surface area contributed by atoms with Crippen molar-refractivity contribution >= 4 is 29.5 Å². The van der Waals surface area contributed by atoms with Gasteiger partial charge in [0.05, 0.1) is 13.2 Å². The zero-order valence-corrected chi connectivity index (χ0v) is 20.0. The highest BCUT2D eigenvalue weighted by molar-refractivity contribution is 7.71. The standard InChI is InChI=1S/C23H29N5O2S2/c1-16-9-11-27(12-10-16)19(20-4-3-13-32-20)14-24-21(29)15-28-22(25-26-23(28)31)17-5-7-18(30-2)8-6-17/h3-8,13,16,19H,9-12,14-15H2,1-2H3,(H,24,29)(H,26,31). The van der Waals surface area contributed by atoms with Crippen LogP contribution in [-0.4, -0.2) is 52.3 Å². The van der Waals surface area contributed by atoms with Crippen molar-refractivity contribution in [3.63, 3.8) is 0 Å². The Morgan fingerprint density at radius 3 is 2.72 bits per heavy atom. The Kier molecular flexibility index (Phi) is 7.39. The topological polar surface area (TPSA) is 75.2 Å². The van der Waals surface area contributed by atoms with Gasteiger partial charge in [0, 0.05) is 17.0 Å². The molecule has 1 fully saturated rings. The molecule has 1 amide bonds. The van der Waals surface area contributed by atoms with Gasteiger partial charge in [-0.25, -0.2) is 0 Å². The van der Waals surface area contributed by atoms with E-state index in [1.165, 1.54) is 17.7 Å². The minimum Gasteiger partial charge on any atom is -0.497 e. The van der Waals surface area contributed by atoms with Crippen LogP contribution >= 0.6 is 23.6 Å². The molecular formula is C23H29N5O2S2. The first-order chi connectivity index (χ1) is 15.5. The van der Waals surface area contributed by atoms with E-state index in [4.69, 9.17) is 17.0 Å². The molecule has 32 heavy (non-hydrogen) atoms. The summed E-state index contributed by atoms with van der Waals surface area (Å²) in [6.07, 6.45) is 2.40. The summed E-state index contributed by atoms with van der Waals surface area (Å²) in [5.41, 5.74) is 0.866. The molecule has 0 saturated carbocycles. The van der Waals surface area contributed by atoms with Gasteiger partial charge in [-0.05, 0) is 79.8 Å². The fourth-order valence-corrected chi connectivity index (χ4v) is 5.12. The summed E-state index contributed by atoms with van der Waals surface area (Å²) in [4.78, 5) is 16.7. The van der Waals surface area contributed by atoms with Crippen LogP contribution in [-0.2, 0) is 11.3 Å². The number of hydrogen-bond donors (Lipinski definition) is 2. The molecular weight excluding hydrogens is 442 g/mol. The van der Waals surface area contributed by atoms with Crippen LogP contribution in [0.25, 0.3) is 11.4 Å².